The fourth-order valence-corrected chi connectivity index (χ4v) is 4.34. The molecule has 21 heavy (non-hydrogen) atoms. The zero-order valence-electron chi connectivity index (χ0n) is 12.3. The summed E-state index contributed by atoms with van der Waals surface area (Å²) in [5, 5.41) is 10.4. The van der Waals surface area contributed by atoms with Crippen molar-refractivity contribution < 1.29 is 9.90 Å². The van der Waals surface area contributed by atoms with Gasteiger partial charge >= 0.3 is 5.97 Å². The van der Waals surface area contributed by atoms with Gasteiger partial charge in [-0.1, -0.05) is 29.3 Å². The Hall–Kier alpha value is -1.68. The van der Waals surface area contributed by atoms with Gasteiger partial charge in [-0.2, -0.15) is 0 Å². The number of aliphatic carboxylic acids is 1. The van der Waals surface area contributed by atoms with E-state index in [1.807, 2.05) is 0 Å². The molecule has 1 aliphatic rings. The lowest BCUT2D eigenvalue weighted by atomic mass is 9.91. The van der Waals surface area contributed by atoms with E-state index in [4.69, 9.17) is 0 Å². The quantitative estimate of drug-likeness (QED) is 0.936. The van der Waals surface area contributed by atoms with Crippen LogP contribution in [0.25, 0.3) is 0 Å². The normalized spacial score (nSPS) is 17.5. The van der Waals surface area contributed by atoms with Crippen molar-refractivity contribution in [2.45, 2.75) is 45.4 Å². The van der Waals surface area contributed by atoms with E-state index in [-0.39, 0.29) is 0 Å². The number of aromatic nitrogens is 1. The molecule has 1 atom stereocenters. The standard InChI is InChI=1S/C17H19NO2S/c1-10-6-11(2)8-12(7-10)9-15-18-16-13(17(19)20)4-3-5-14(16)21-15/h6-8,13H,3-5,9H2,1-2H3,(H,19,20). The third-order valence-electron chi connectivity index (χ3n) is 3.93. The SMILES string of the molecule is Cc1cc(C)cc(Cc2nc3c(s2)CCCC3C(=O)O)c1. The lowest BCUT2D eigenvalue weighted by Crippen LogP contribution is -2.17. The summed E-state index contributed by atoms with van der Waals surface area (Å²) in [6.07, 6.45) is 3.44. The molecule has 1 aliphatic carbocycles. The van der Waals surface area contributed by atoms with Crippen LogP contribution in [0.4, 0.5) is 0 Å². The van der Waals surface area contributed by atoms with E-state index >= 15 is 0 Å². The molecule has 1 N–H and O–H groups in total. The van der Waals surface area contributed by atoms with Crippen molar-refractivity contribution in [2.75, 3.05) is 0 Å². The highest BCUT2D eigenvalue weighted by atomic mass is 32.1. The average Bonchev–Trinajstić information content (AvgIpc) is 2.78. The van der Waals surface area contributed by atoms with Gasteiger partial charge in [0.1, 0.15) is 0 Å². The third-order valence-corrected chi connectivity index (χ3v) is 5.06. The van der Waals surface area contributed by atoms with Crippen LogP contribution in [-0.4, -0.2) is 16.1 Å². The summed E-state index contributed by atoms with van der Waals surface area (Å²) in [6, 6.07) is 6.53. The van der Waals surface area contributed by atoms with E-state index < -0.39 is 11.9 Å². The maximum absolute atomic E-state index is 11.3. The maximum Gasteiger partial charge on any atom is 0.312 e. The van der Waals surface area contributed by atoms with Crippen LogP contribution < -0.4 is 0 Å². The number of carboxylic acid groups (broad SMARTS) is 1. The number of fused-ring (bicyclic) bond motifs is 1. The summed E-state index contributed by atoms with van der Waals surface area (Å²) in [7, 11) is 0. The zero-order valence-corrected chi connectivity index (χ0v) is 13.2. The average molecular weight is 301 g/mol. The monoisotopic (exact) mass is 301 g/mol. The smallest absolute Gasteiger partial charge is 0.312 e. The second-order valence-electron chi connectivity index (χ2n) is 5.87. The summed E-state index contributed by atoms with van der Waals surface area (Å²) in [5.74, 6) is -1.14. The zero-order chi connectivity index (χ0) is 15.0. The number of rotatable bonds is 3. The molecule has 110 valence electrons. The van der Waals surface area contributed by atoms with E-state index in [1.54, 1.807) is 11.3 Å². The van der Waals surface area contributed by atoms with Crippen LogP contribution in [0.1, 0.15) is 51.0 Å². The Morgan fingerprint density at radius 1 is 1.33 bits per heavy atom. The minimum atomic E-state index is -0.737. The number of thiazole rings is 1. The Kier molecular flexibility index (Phi) is 3.81. The van der Waals surface area contributed by atoms with Crippen molar-refractivity contribution in [3.8, 4) is 0 Å². The van der Waals surface area contributed by atoms with Crippen LogP contribution in [0.2, 0.25) is 0 Å². The van der Waals surface area contributed by atoms with Crippen LogP contribution in [0, 0.1) is 13.8 Å². The van der Waals surface area contributed by atoms with E-state index in [2.05, 4.69) is 37.0 Å². The largest absolute Gasteiger partial charge is 0.481 e. The Balaban J connectivity index is 1.89. The van der Waals surface area contributed by atoms with Gasteiger partial charge in [0, 0.05) is 11.3 Å². The number of carbonyl (C=O) groups is 1. The van der Waals surface area contributed by atoms with Crippen LogP contribution in [-0.2, 0) is 17.6 Å². The lowest BCUT2D eigenvalue weighted by molar-refractivity contribution is -0.139. The molecule has 0 saturated heterocycles. The lowest BCUT2D eigenvalue weighted by Gasteiger charge is -2.16. The van der Waals surface area contributed by atoms with Gasteiger partial charge in [-0.3, -0.25) is 4.79 Å². The fourth-order valence-electron chi connectivity index (χ4n) is 3.13. The van der Waals surface area contributed by atoms with Crippen molar-refractivity contribution in [2.24, 2.45) is 0 Å². The molecule has 3 rings (SSSR count). The highest BCUT2D eigenvalue weighted by Crippen LogP contribution is 2.35. The summed E-state index contributed by atoms with van der Waals surface area (Å²) in [4.78, 5) is 17.2. The van der Waals surface area contributed by atoms with Gasteiger partial charge in [-0.15, -0.1) is 11.3 Å². The van der Waals surface area contributed by atoms with E-state index in [9.17, 15) is 9.90 Å². The van der Waals surface area contributed by atoms with Crippen LogP contribution in [0.15, 0.2) is 18.2 Å². The highest BCUT2D eigenvalue weighted by Gasteiger charge is 2.29. The Morgan fingerprint density at radius 2 is 2.05 bits per heavy atom. The molecule has 0 saturated carbocycles. The predicted molar refractivity (Wildman–Crippen MR) is 84.2 cm³/mol. The van der Waals surface area contributed by atoms with Gasteiger partial charge in [0.15, 0.2) is 0 Å². The summed E-state index contributed by atoms with van der Waals surface area (Å²) < 4.78 is 0. The first kappa shape index (κ1) is 14.3. The molecule has 0 spiro atoms. The molecular weight excluding hydrogens is 282 g/mol. The van der Waals surface area contributed by atoms with Crippen LogP contribution >= 0.6 is 11.3 Å². The first-order valence-corrected chi connectivity index (χ1v) is 8.13. The van der Waals surface area contributed by atoms with Crippen molar-refractivity contribution in [1.29, 1.82) is 0 Å². The van der Waals surface area contributed by atoms with Gasteiger partial charge in [0.05, 0.1) is 16.6 Å². The summed E-state index contributed by atoms with van der Waals surface area (Å²) in [5.41, 5.74) is 4.59. The second kappa shape index (κ2) is 5.60. The molecule has 1 heterocycles. The van der Waals surface area contributed by atoms with Crippen molar-refractivity contribution in [3.63, 3.8) is 0 Å². The topological polar surface area (TPSA) is 50.2 Å². The highest BCUT2D eigenvalue weighted by molar-refractivity contribution is 7.11. The third kappa shape index (κ3) is 3.00. The molecule has 3 nitrogen and oxygen atoms in total. The number of nitrogens with zero attached hydrogens (tertiary/aromatic N) is 1. The predicted octanol–water partition coefficient (Wildman–Crippen LogP) is 3.86. The van der Waals surface area contributed by atoms with Crippen molar-refractivity contribution >= 4 is 17.3 Å². The molecule has 1 unspecified atom stereocenters. The molecule has 4 heteroatoms. The number of hydrogen-bond donors (Lipinski definition) is 1. The number of benzene rings is 1. The van der Waals surface area contributed by atoms with Crippen LogP contribution in [0.3, 0.4) is 0 Å². The van der Waals surface area contributed by atoms with E-state index in [0.29, 0.717) is 0 Å². The van der Waals surface area contributed by atoms with E-state index in [1.165, 1.54) is 21.6 Å². The summed E-state index contributed by atoms with van der Waals surface area (Å²) >= 11 is 1.69. The Morgan fingerprint density at radius 3 is 2.71 bits per heavy atom. The summed E-state index contributed by atoms with van der Waals surface area (Å²) in [6.45, 7) is 4.20. The Bertz CT molecular complexity index is 670. The van der Waals surface area contributed by atoms with Crippen LogP contribution in [0.5, 0.6) is 0 Å². The molecule has 0 radical (unpaired) electrons. The second-order valence-corrected chi connectivity index (χ2v) is 7.04. The minimum absolute atomic E-state index is 0.405. The van der Waals surface area contributed by atoms with E-state index in [0.717, 1.165) is 36.4 Å². The fraction of sp³-hybridized carbons (Fsp3) is 0.412. The molecule has 0 fully saturated rings. The van der Waals surface area contributed by atoms with Gasteiger partial charge in [-0.25, -0.2) is 4.98 Å². The number of hydrogen-bond acceptors (Lipinski definition) is 3. The minimum Gasteiger partial charge on any atom is -0.481 e. The molecule has 0 aliphatic heterocycles. The molecule has 0 bridgehead atoms. The molecule has 0 amide bonds. The van der Waals surface area contributed by atoms with Gasteiger partial charge < -0.3 is 5.11 Å². The number of aryl methyl sites for hydroxylation is 3. The molecule has 1 aromatic heterocycles. The first-order chi connectivity index (χ1) is 10.0. The molecule has 1 aromatic carbocycles. The Labute approximate surface area is 128 Å². The van der Waals surface area contributed by atoms with Crippen molar-refractivity contribution in [3.05, 3.63) is 50.5 Å². The maximum atomic E-state index is 11.3. The van der Waals surface area contributed by atoms with Crippen molar-refractivity contribution in [1.82, 2.24) is 4.98 Å². The van der Waals surface area contributed by atoms with Gasteiger partial charge in [-0.05, 0) is 38.7 Å². The molecule has 2 aromatic rings. The molecular formula is C17H19NO2S. The van der Waals surface area contributed by atoms with Gasteiger partial charge in [0.25, 0.3) is 0 Å². The first-order valence-electron chi connectivity index (χ1n) is 7.31. The number of carboxylic acids is 1. The van der Waals surface area contributed by atoms with Gasteiger partial charge in [0.2, 0.25) is 0 Å².